The first-order valence-electron chi connectivity index (χ1n) is 20.7. The van der Waals surface area contributed by atoms with Crippen LogP contribution in [0.4, 0.5) is 0 Å². The van der Waals surface area contributed by atoms with Gasteiger partial charge in [0, 0.05) is 0 Å². The summed E-state index contributed by atoms with van der Waals surface area (Å²) in [6.07, 6.45) is 13.7. The van der Waals surface area contributed by atoms with Crippen LogP contribution in [0.3, 0.4) is 0 Å². The zero-order valence-corrected chi connectivity index (χ0v) is 34.6. The second-order valence-corrected chi connectivity index (χ2v) is 12.2. The molecule has 2 aromatic rings. The van der Waals surface area contributed by atoms with Gasteiger partial charge in [-0.25, -0.2) is 0 Å². The molecule has 46 heavy (non-hydrogen) atoms. The van der Waals surface area contributed by atoms with Gasteiger partial charge in [0.15, 0.2) is 0 Å². The normalized spacial score (nSPS) is 27.0. The summed E-state index contributed by atoms with van der Waals surface area (Å²) in [5.74, 6) is 5.09. The van der Waals surface area contributed by atoms with Crippen LogP contribution in [0, 0.1) is 29.1 Å². The van der Waals surface area contributed by atoms with Gasteiger partial charge in [0.25, 0.3) is 0 Å². The third kappa shape index (κ3) is 10.5. The summed E-state index contributed by atoms with van der Waals surface area (Å²) in [5.41, 5.74) is 8.89. The smallest absolute Gasteiger partial charge is 0.0151 e. The molecule has 0 nitrogen and oxygen atoms in total. The van der Waals surface area contributed by atoms with Crippen LogP contribution in [0.2, 0.25) is 0 Å². The Kier molecular flexibility index (Phi) is 26.7. The van der Waals surface area contributed by atoms with Crippen LogP contribution in [0.1, 0.15) is 202 Å². The monoisotopic (exact) mass is 637 g/mol. The van der Waals surface area contributed by atoms with E-state index in [1.165, 1.54) is 64.2 Å². The molecule has 5 unspecified atom stereocenters. The van der Waals surface area contributed by atoms with Crippen molar-refractivity contribution in [2.24, 2.45) is 29.1 Å². The van der Waals surface area contributed by atoms with Gasteiger partial charge in [0.2, 0.25) is 0 Å². The Morgan fingerprint density at radius 2 is 0.891 bits per heavy atom. The van der Waals surface area contributed by atoms with Gasteiger partial charge in [-0.2, -0.15) is 0 Å². The third-order valence-electron chi connectivity index (χ3n) is 11.0. The van der Waals surface area contributed by atoms with Crippen LogP contribution >= 0.6 is 0 Å². The van der Waals surface area contributed by atoms with Crippen molar-refractivity contribution < 1.29 is 0 Å². The van der Waals surface area contributed by atoms with Crippen molar-refractivity contribution in [3.8, 4) is 0 Å². The number of hydrogen-bond acceptors (Lipinski definition) is 0. The largest absolute Gasteiger partial charge is 0.0683 e. The number of hydrogen-bond donors (Lipinski definition) is 0. The molecule has 2 aromatic carbocycles. The van der Waals surface area contributed by atoms with E-state index in [0.717, 1.165) is 35.5 Å². The lowest BCUT2D eigenvalue weighted by Crippen LogP contribution is -2.56. The summed E-state index contributed by atoms with van der Waals surface area (Å²) in [5, 5.41) is 0. The average molecular weight is 637 g/mol. The maximum Gasteiger partial charge on any atom is -0.0151 e. The van der Waals surface area contributed by atoms with E-state index in [9.17, 15) is 0 Å². The molecular formula is C46H84. The molecule has 0 amide bonds. The fraction of sp³-hybridized carbons (Fsp3) is 0.739. The maximum atomic E-state index is 2.68. The zero-order chi connectivity index (χ0) is 35.9. The third-order valence-corrected chi connectivity index (χ3v) is 11.0. The topological polar surface area (TPSA) is 0 Å². The van der Waals surface area contributed by atoms with E-state index in [-0.39, 0.29) is 0 Å². The van der Waals surface area contributed by atoms with Crippen molar-refractivity contribution >= 4 is 0 Å². The summed E-state index contributed by atoms with van der Waals surface area (Å²) in [4.78, 5) is 0. The molecule has 3 aliphatic rings. The molecule has 1 spiro atoms. The first-order valence-corrected chi connectivity index (χ1v) is 20.7. The highest BCUT2D eigenvalue weighted by Gasteiger charge is 2.59. The first-order chi connectivity index (χ1) is 22.5. The lowest BCUT2D eigenvalue weighted by molar-refractivity contribution is -0.134. The summed E-state index contributed by atoms with van der Waals surface area (Å²) in [6.45, 7) is 36.4. The number of rotatable bonds is 5. The highest BCUT2D eigenvalue weighted by atomic mass is 14.6. The van der Waals surface area contributed by atoms with Crippen LogP contribution in [-0.4, -0.2) is 0 Å². The van der Waals surface area contributed by atoms with Crippen LogP contribution < -0.4 is 0 Å². The molecule has 5 rings (SSSR count). The minimum Gasteiger partial charge on any atom is -0.0683 e. The number of aryl methyl sites for hydroxylation is 3. The molecule has 3 fully saturated rings. The Balaban J connectivity index is 0. The molecular weight excluding hydrogens is 553 g/mol. The standard InChI is InChI=1S/C34H48.6C2H6/c1-6-25-13-9-10-18-32(25)28-19-23(4)34-24(5)20-29(22-31(34)17-12-16-30(34)21-28)33-26(7-2)14-11-15-27(33)8-3;6*1-2/h9-11,13-15,18,23-24,28-31H,6-8,12,16-17,19-22H2,1-5H3;6*1-2H3/t23?,24-,28?,29?,30?,31+,34?;;;;;;/m0....../s1. The van der Waals surface area contributed by atoms with Gasteiger partial charge in [-0.3, -0.25) is 0 Å². The molecule has 0 N–H and O–H groups in total. The van der Waals surface area contributed by atoms with E-state index < -0.39 is 0 Å². The van der Waals surface area contributed by atoms with Crippen LogP contribution in [0.25, 0.3) is 0 Å². The zero-order valence-electron chi connectivity index (χ0n) is 34.6. The number of benzene rings is 2. The van der Waals surface area contributed by atoms with Gasteiger partial charge < -0.3 is 0 Å². The molecule has 3 saturated carbocycles. The fourth-order valence-electron chi connectivity index (χ4n) is 9.88. The molecule has 0 heteroatoms. The van der Waals surface area contributed by atoms with Crippen molar-refractivity contribution in [2.45, 2.75) is 194 Å². The lowest BCUT2D eigenvalue weighted by Gasteiger charge is -2.64. The van der Waals surface area contributed by atoms with Crippen molar-refractivity contribution in [1.29, 1.82) is 0 Å². The van der Waals surface area contributed by atoms with E-state index in [2.05, 4.69) is 77.1 Å². The molecule has 0 heterocycles. The molecule has 3 aliphatic carbocycles. The van der Waals surface area contributed by atoms with E-state index >= 15 is 0 Å². The van der Waals surface area contributed by atoms with Gasteiger partial charge in [-0.05, 0) is 127 Å². The minimum absolute atomic E-state index is 0.583. The van der Waals surface area contributed by atoms with E-state index in [0.29, 0.717) is 5.41 Å². The van der Waals surface area contributed by atoms with Crippen molar-refractivity contribution in [1.82, 2.24) is 0 Å². The second-order valence-electron chi connectivity index (χ2n) is 12.2. The highest BCUT2D eigenvalue weighted by Crippen LogP contribution is 2.68. The van der Waals surface area contributed by atoms with Crippen LogP contribution in [0.5, 0.6) is 0 Å². The maximum absolute atomic E-state index is 2.68. The van der Waals surface area contributed by atoms with Gasteiger partial charge >= 0.3 is 0 Å². The van der Waals surface area contributed by atoms with Crippen LogP contribution in [-0.2, 0) is 19.3 Å². The quantitative estimate of drug-likeness (QED) is 0.306. The van der Waals surface area contributed by atoms with Gasteiger partial charge in [0.1, 0.15) is 0 Å². The molecule has 0 radical (unpaired) electrons. The predicted molar refractivity (Wildman–Crippen MR) is 215 cm³/mol. The van der Waals surface area contributed by atoms with Crippen molar-refractivity contribution in [3.05, 3.63) is 70.3 Å². The molecule has 0 saturated heterocycles. The molecule has 268 valence electrons. The second kappa shape index (κ2) is 26.4. The van der Waals surface area contributed by atoms with Gasteiger partial charge in [-0.1, -0.05) is 167 Å². The minimum atomic E-state index is 0.583. The summed E-state index contributed by atoms with van der Waals surface area (Å²) in [7, 11) is 0. The van der Waals surface area contributed by atoms with Gasteiger partial charge in [0.05, 0.1) is 0 Å². The SMILES string of the molecule is CC.CC.CC.CC.CC.CC.CCc1ccccc1C1CC(C)C23C(CCC[C@@H]2CC(c2c(CC)cccc2CC)C[C@@H]3C)C1. The van der Waals surface area contributed by atoms with Crippen LogP contribution in [0.15, 0.2) is 42.5 Å². The summed E-state index contributed by atoms with van der Waals surface area (Å²) in [6, 6.07) is 16.5. The highest BCUT2D eigenvalue weighted by molar-refractivity contribution is 5.39. The fourth-order valence-corrected chi connectivity index (χ4v) is 9.88. The van der Waals surface area contributed by atoms with Crippen molar-refractivity contribution in [2.75, 3.05) is 0 Å². The average Bonchev–Trinajstić information content (AvgIpc) is 3.15. The molecule has 0 aromatic heterocycles. The van der Waals surface area contributed by atoms with Gasteiger partial charge in [-0.15, -0.1) is 0 Å². The Morgan fingerprint density at radius 3 is 1.35 bits per heavy atom. The van der Waals surface area contributed by atoms with E-state index in [1.54, 1.807) is 27.8 Å². The Morgan fingerprint density at radius 1 is 0.500 bits per heavy atom. The summed E-state index contributed by atoms with van der Waals surface area (Å²) < 4.78 is 0. The molecule has 0 aliphatic heterocycles. The first kappa shape index (κ1) is 46.6. The molecule has 0 bridgehead atoms. The Bertz CT molecular complexity index is 963. The Labute approximate surface area is 292 Å². The summed E-state index contributed by atoms with van der Waals surface area (Å²) >= 11 is 0. The Hall–Kier alpha value is -1.56. The molecule has 7 atom stereocenters. The van der Waals surface area contributed by atoms with E-state index in [1.807, 2.05) is 83.1 Å². The predicted octanol–water partition coefficient (Wildman–Crippen LogP) is 15.7. The lowest BCUT2D eigenvalue weighted by atomic mass is 9.41. The van der Waals surface area contributed by atoms with Crippen molar-refractivity contribution in [3.63, 3.8) is 0 Å². The van der Waals surface area contributed by atoms with E-state index in [4.69, 9.17) is 0 Å².